The average Bonchev–Trinajstić information content (AvgIpc) is 2.22. The van der Waals surface area contributed by atoms with Gasteiger partial charge in [0.25, 0.3) is 5.91 Å². The topological polar surface area (TPSA) is 122 Å². The number of carbonyl (C=O) groups is 3. The van der Waals surface area contributed by atoms with Crippen molar-refractivity contribution in [3.63, 3.8) is 0 Å². The fraction of sp³-hybridized carbons (Fsp3) is 0.600. The summed E-state index contributed by atoms with van der Waals surface area (Å²) >= 11 is 0. The van der Waals surface area contributed by atoms with Gasteiger partial charge >= 0.3 is 5.97 Å². The van der Waals surface area contributed by atoms with Gasteiger partial charge < -0.3 is 15.8 Å². The summed E-state index contributed by atoms with van der Waals surface area (Å²) in [4.78, 5) is 32.8. The SMILES string of the molecule is CC(=O)OCC(=O)N[C@@H](C(N)=O)[C@H](C)CC#N. The van der Waals surface area contributed by atoms with Crippen molar-refractivity contribution >= 4 is 17.8 Å². The van der Waals surface area contributed by atoms with Crippen LogP contribution in [0.5, 0.6) is 0 Å². The van der Waals surface area contributed by atoms with Crippen LogP contribution < -0.4 is 11.1 Å². The molecule has 3 N–H and O–H groups in total. The minimum Gasteiger partial charge on any atom is -0.456 e. The molecule has 0 aromatic rings. The summed E-state index contributed by atoms with van der Waals surface area (Å²) in [5.41, 5.74) is 5.10. The number of esters is 1. The van der Waals surface area contributed by atoms with Crippen LogP contribution in [0.25, 0.3) is 0 Å². The molecule has 0 aliphatic carbocycles. The summed E-state index contributed by atoms with van der Waals surface area (Å²) in [5.74, 6) is -2.36. The summed E-state index contributed by atoms with van der Waals surface area (Å²) in [6, 6.07) is 0.935. The Labute approximate surface area is 98.9 Å². The number of rotatable bonds is 6. The first-order valence-corrected chi connectivity index (χ1v) is 4.97. The maximum absolute atomic E-state index is 11.3. The molecule has 0 bridgehead atoms. The molecule has 2 amide bonds. The van der Waals surface area contributed by atoms with Crippen LogP contribution in [0.4, 0.5) is 0 Å². The molecular formula is C10H15N3O4. The van der Waals surface area contributed by atoms with Crippen LogP contribution in [0, 0.1) is 17.2 Å². The third kappa shape index (κ3) is 6.14. The molecule has 0 unspecified atom stereocenters. The minimum absolute atomic E-state index is 0.0848. The number of hydrogen-bond acceptors (Lipinski definition) is 5. The standard InChI is InChI=1S/C10H15N3O4/c1-6(3-4-11)9(10(12)16)13-8(15)5-17-7(2)14/h6,9H,3,5H2,1-2H3,(H2,12,16)(H,13,15)/t6-,9-/m1/s1. The molecule has 0 aliphatic heterocycles. The molecule has 2 atom stereocenters. The van der Waals surface area contributed by atoms with Crippen molar-refractivity contribution in [1.82, 2.24) is 5.32 Å². The van der Waals surface area contributed by atoms with Crippen molar-refractivity contribution in [3.05, 3.63) is 0 Å². The summed E-state index contributed by atoms with van der Waals surface area (Å²) in [6.45, 7) is 2.31. The molecule has 0 aliphatic rings. The number of nitrogens with zero attached hydrogens (tertiary/aromatic N) is 1. The molecule has 0 saturated carbocycles. The van der Waals surface area contributed by atoms with Gasteiger partial charge in [-0.3, -0.25) is 14.4 Å². The van der Waals surface area contributed by atoms with Gasteiger partial charge in [0.05, 0.1) is 6.07 Å². The minimum atomic E-state index is -0.947. The van der Waals surface area contributed by atoms with E-state index in [1.54, 1.807) is 6.92 Å². The molecule has 0 spiro atoms. The highest BCUT2D eigenvalue weighted by Gasteiger charge is 2.24. The van der Waals surface area contributed by atoms with Crippen molar-refractivity contribution in [2.45, 2.75) is 26.3 Å². The molecule has 7 nitrogen and oxygen atoms in total. The van der Waals surface area contributed by atoms with E-state index in [-0.39, 0.29) is 6.42 Å². The Morgan fingerprint density at radius 2 is 2.06 bits per heavy atom. The Balaban J connectivity index is 4.35. The number of nitriles is 1. The Hall–Kier alpha value is -2.10. The second-order valence-corrected chi connectivity index (χ2v) is 3.57. The van der Waals surface area contributed by atoms with Crippen LogP contribution in [0.2, 0.25) is 0 Å². The van der Waals surface area contributed by atoms with Gasteiger partial charge in [-0.1, -0.05) is 6.92 Å². The van der Waals surface area contributed by atoms with Gasteiger partial charge in [-0.2, -0.15) is 5.26 Å². The van der Waals surface area contributed by atoms with Crippen LogP contribution >= 0.6 is 0 Å². The molecule has 0 saturated heterocycles. The van der Waals surface area contributed by atoms with E-state index < -0.39 is 36.4 Å². The number of amides is 2. The highest BCUT2D eigenvalue weighted by molar-refractivity contribution is 5.88. The summed E-state index contributed by atoms with van der Waals surface area (Å²) in [6.07, 6.45) is 0.0848. The van der Waals surface area contributed by atoms with Gasteiger partial charge in [0.1, 0.15) is 6.04 Å². The van der Waals surface area contributed by atoms with E-state index in [0.717, 1.165) is 6.92 Å². The van der Waals surface area contributed by atoms with E-state index in [4.69, 9.17) is 11.0 Å². The van der Waals surface area contributed by atoms with Gasteiger partial charge in [-0.05, 0) is 5.92 Å². The Morgan fingerprint density at radius 3 is 2.47 bits per heavy atom. The Morgan fingerprint density at radius 1 is 1.47 bits per heavy atom. The van der Waals surface area contributed by atoms with E-state index in [2.05, 4.69) is 10.1 Å². The Bertz CT molecular complexity index is 348. The smallest absolute Gasteiger partial charge is 0.303 e. The molecule has 0 aromatic carbocycles. The number of hydrogen-bond donors (Lipinski definition) is 2. The summed E-state index contributed by atoms with van der Waals surface area (Å²) in [5, 5.41) is 10.8. The van der Waals surface area contributed by atoms with Gasteiger partial charge in [-0.15, -0.1) is 0 Å². The first kappa shape index (κ1) is 14.9. The number of ether oxygens (including phenoxy) is 1. The maximum Gasteiger partial charge on any atom is 0.303 e. The zero-order chi connectivity index (χ0) is 13.4. The fourth-order valence-corrected chi connectivity index (χ4v) is 1.14. The third-order valence-electron chi connectivity index (χ3n) is 2.01. The highest BCUT2D eigenvalue weighted by atomic mass is 16.5. The lowest BCUT2D eigenvalue weighted by atomic mass is 9.98. The lowest BCUT2D eigenvalue weighted by Gasteiger charge is -2.20. The van der Waals surface area contributed by atoms with E-state index in [9.17, 15) is 14.4 Å². The lowest BCUT2D eigenvalue weighted by molar-refractivity contribution is -0.146. The van der Waals surface area contributed by atoms with Crippen LogP contribution in [0.15, 0.2) is 0 Å². The van der Waals surface area contributed by atoms with Gasteiger partial charge in [0.2, 0.25) is 5.91 Å². The first-order valence-electron chi connectivity index (χ1n) is 4.97. The maximum atomic E-state index is 11.3. The van der Waals surface area contributed by atoms with Gasteiger partial charge in [0, 0.05) is 13.3 Å². The quantitative estimate of drug-likeness (QED) is 0.581. The molecule has 17 heavy (non-hydrogen) atoms. The second-order valence-electron chi connectivity index (χ2n) is 3.57. The molecule has 94 valence electrons. The van der Waals surface area contributed by atoms with Crippen molar-refractivity contribution in [2.24, 2.45) is 11.7 Å². The largest absolute Gasteiger partial charge is 0.456 e. The second kappa shape index (κ2) is 7.22. The fourth-order valence-electron chi connectivity index (χ4n) is 1.14. The normalized spacial score (nSPS) is 13.0. The predicted octanol–water partition coefficient (Wildman–Crippen LogP) is -0.931. The highest BCUT2D eigenvalue weighted by Crippen LogP contribution is 2.07. The molecule has 0 aromatic heterocycles. The molecule has 7 heteroatoms. The van der Waals surface area contributed by atoms with Crippen molar-refractivity contribution in [2.75, 3.05) is 6.61 Å². The lowest BCUT2D eigenvalue weighted by Crippen LogP contribution is -2.49. The van der Waals surface area contributed by atoms with Crippen molar-refractivity contribution in [1.29, 1.82) is 5.26 Å². The van der Waals surface area contributed by atoms with E-state index in [1.807, 2.05) is 6.07 Å². The number of nitrogens with two attached hydrogens (primary N) is 1. The van der Waals surface area contributed by atoms with E-state index in [0.29, 0.717) is 0 Å². The van der Waals surface area contributed by atoms with E-state index in [1.165, 1.54) is 0 Å². The van der Waals surface area contributed by atoms with E-state index >= 15 is 0 Å². The predicted molar refractivity (Wildman–Crippen MR) is 57.2 cm³/mol. The zero-order valence-corrected chi connectivity index (χ0v) is 9.73. The third-order valence-corrected chi connectivity index (χ3v) is 2.01. The number of primary amides is 1. The first-order chi connectivity index (χ1) is 7.88. The zero-order valence-electron chi connectivity index (χ0n) is 9.73. The number of carbonyl (C=O) groups excluding carboxylic acids is 3. The average molecular weight is 241 g/mol. The van der Waals surface area contributed by atoms with Crippen LogP contribution in [0.3, 0.4) is 0 Å². The van der Waals surface area contributed by atoms with Crippen LogP contribution in [0.1, 0.15) is 20.3 Å². The molecule has 0 rings (SSSR count). The Kier molecular flexibility index (Phi) is 6.33. The molecule has 0 heterocycles. The molecule has 0 fully saturated rings. The van der Waals surface area contributed by atoms with Crippen LogP contribution in [-0.4, -0.2) is 30.4 Å². The van der Waals surface area contributed by atoms with Gasteiger partial charge in [-0.25, -0.2) is 0 Å². The van der Waals surface area contributed by atoms with Gasteiger partial charge in [0.15, 0.2) is 6.61 Å². The number of nitrogens with one attached hydrogen (secondary N) is 1. The molecular weight excluding hydrogens is 226 g/mol. The van der Waals surface area contributed by atoms with Crippen molar-refractivity contribution in [3.8, 4) is 6.07 Å². The summed E-state index contributed by atoms with van der Waals surface area (Å²) < 4.78 is 4.46. The summed E-state index contributed by atoms with van der Waals surface area (Å²) in [7, 11) is 0. The molecule has 0 radical (unpaired) electrons. The monoisotopic (exact) mass is 241 g/mol. The van der Waals surface area contributed by atoms with Crippen LogP contribution in [-0.2, 0) is 19.1 Å². The van der Waals surface area contributed by atoms with Crippen molar-refractivity contribution < 1.29 is 19.1 Å².